The van der Waals surface area contributed by atoms with Crippen molar-refractivity contribution in [1.29, 1.82) is 0 Å². The van der Waals surface area contributed by atoms with Gasteiger partial charge in [0.1, 0.15) is 23.1 Å². The zero-order valence-corrected chi connectivity index (χ0v) is 19.0. The van der Waals surface area contributed by atoms with Crippen LogP contribution in [0.5, 0.6) is 17.4 Å². The Morgan fingerprint density at radius 1 is 1.03 bits per heavy atom. The average molecular weight is 470 g/mol. The number of carbonyl (C=O) groups is 2. The number of carbonyl (C=O) groups excluding carboxylic acids is 1. The number of H-pyrrole nitrogens is 1. The molecule has 1 heterocycles. The molecule has 0 fully saturated rings. The molecule has 1 aromatic heterocycles. The molecule has 0 bridgehead atoms. The number of hydrogen-bond acceptors (Lipinski definition) is 7. The molecular weight excluding hydrogens is 444 g/mol. The number of aromatic amines is 1. The zero-order valence-electron chi connectivity index (χ0n) is 19.0. The van der Waals surface area contributed by atoms with Crippen LogP contribution in [0, 0.1) is 0 Å². The summed E-state index contributed by atoms with van der Waals surface area (Å²) in [6, 6.07) is 12.7. The van der Waals surface area contributed by atoms with Crippen molar-refractivity contribution in [3.8, 4) is 17.4 Å². The van der Waals surface area contributed by atoms with Gasteiger partial charge in [0.05, 0.1) is 0 Å². The molecule has 3 aromatic rings. The third-order valence-corrected chi connectivity index (χ3v) is 4.58. The molecule has 0 saturated heterocycles. The van der Waals surface area contributed by atoms with Gasteiger partial charge >= 0.3 is 17.8 Å². The summed E-state index contributed by atoms with van der Waals surface area (Å²) < 4.78 is 15.8. The lowest BCUT2D eigenvalue weighted by Gasteiger charge is -2.22. The van der Waals surface area contributed by atoms with Crippen LogP contribution in [0.15, 0.2) is 57.7 Å². The van der Waals surface area contributed by atoms with E-state index in [1.54, 1.807) is 69.3 Å². The van der Waals surface area contributed by atoms with Gasteiger partial charge in [-0.05, 0) is 56.2 Å². The fourth-order valence-electron chi connectivity index (χ4n) is 3.05. The number of alkyl carbamates (subject to hydrolysis) is 1. The van der Waals surface area contributed by atoms with E-state index in [0.29, 0.717) is 17.1 Å². The Morgan fingerprint density at radius 2 is 1.59 bits per heavy atom. The molecule has 10 heteroatoms. The molecule has 0 aliphatic heterocycles. The van der Waals surface area contributed by atoms with E-state index < -0.39 is 29.5 Å². The first-order chi connectivity index (χ1) is 16.0. The highest BCUT2D eigenvalue weighted by atomic mass is 16.6. The van der Waals surface area contributed by atoms with Crippen molar-refractivity contribution in [2.24, 2.45) is 0 Å². The quantitative estimate of drug-likeness (QED) is 0.390. The molecule has 3 rings (SSSR count). The summed E-state index contributed by atoms with van der Waals surface area (Å²) in [5.74, 6) is -0.930. The molecule has 0 aliphatic carbocycles. The lowest BCUT2D eigenvalue weighted by molar-refractivity contribution is -0.139. The molecule has 0 aliphatic rings. The SMILES string of the molecule is CC(C)(C)OC(=O)NC(Cc1ccc(Oc2ccc(Cc3oc(=O)[nH]c3O)cc2)cc1)C(=O)O. The van der Waals surface area contributed by atoms with Crippen LogP contribution in [0.3, 0.4) is 0 Å². The maximum Gasteiger partial charge on any atom is 0.419 e. The smallest absolute Gasteiger partial charge is 0.419 e. The summed E-state index contributed by atoms with van der Waals surface area (Å²) in [4.78, 5) is 36.7. The van der Waals surface area contributed by atoms with Crippen molar-refractivity contribution in [3.05, 3.63) is 76.0 Å². The van der Waals surface area contributed by atoms with Crippen LogP contribution in [-0.4, -0.2) is 38.9 Å². The Hall–Kier alpha value is -4.21. The van der Waals surface area contributed by atoms with E-state index in [9.17, 15) is 24.6 Å². The molecule has 1 amide bonds. The van der Waals surface area contributed by atoms with Crippen molar-refractivity contribution < 1.29 is 33.7 Å². The van der Waals surface area contributed by atoms with Crippen LogP contribution in [0.2, 0.25) is 0 Å². The number of aromatic nitrogens is 1. The first kappa shape index (κ1) is 24.4. The normalized spacial score (nSPS) is 12.1. The third-order valence-electron chi connectivity index (χ3n) is 4.58. The standard InChI is InChI=1S/C24H26N2O8/c1-24(2,3)34-23(31)25-18(21(28)29)12-14-4-8-16(9-5-14)32-17-10-6-15(7-11-17)13-19-20(27)26-22(30)33-19/h4-11,18,27H,12-13H2,1-3H3,(H,25,31)(H,26,30)(H,28,29). The lowest BCUT2D eigenvalue weighted by Crippen LogP contribution is -2.44. The molecular formula is C24H26N2O8. The van der Waals surface area contributed by atoms with Crippen LogP contribution < -0.4 is 15.8 Å². The van der Waals surface area contributed by atoms with E-state index in [-0.39, 0.29) is 24.5 Å². The summed E-state index contributed by atoms with van der Waals surface area (Å²) >= 11 is 0. The number of ether oxygens (including phenoxy) is 2. The number of amides is 1. The molecule has 1 unspecified atom stereocenters. The largest absolute Gasteiger partial charge is 0.492 e. The molecule has 1 atom stereocenters. The zero-order chi connectivity index (χ0) is 24.9. The number of aliphatic carboxylic acids is 1. The number of rotatable bonds is 8. The first-order valence-electron chi connectivity index (χ1n) is 10.5. The van der Waals surface area contributed by atoms with E-state index >= 15 is 0 Å². The second-order valence-electron chi connectivity index (χ2n) is 8.59. The van der Waals surface area contributed by atoms with Crippen LogP contribution in [0.1, 0.15) is 37.7 Å². The minimum atomic E-state index is -1.17. The number of oxazole rings is 1. The van der Waals surface area contributed by atoms with E-state index in [1.165, 1.54) is 0 Å². The molecule has 0 spiro atoms. The maximum absolute atomic E-state index is 11.9. The topological polar surface area (TPSA) is 151 Å². The fraction of sp³-hybridized carbons (Fsp3) is 0.292. The van der Waals surface area contributed by atoms with Gasteiger partial charge in [0.15, 0.2) is 5.76 Å². The summed E-state index contributed by atoms with van der Waals surface area (Å²) in [7, 11) is 0. The Morgan fingerprint density at radius 3 is 2.06 bits per heavy atom. The predicted octanol–water partition coefficient (Wildman–Crippen LogP) is 3.58. The highest BCUT2D eigenvalue weighted by Crippen LogP contribution is 2.24. The Balaban J connectivity index is 1.58. The minimum Gasteiger partial charge on any atom is -0.492 e. The highest BCUT2D eigenvalue weighted by molar-refractivity contribution is 5.80. The molecule has 0 radical (unpaired) electrons. The first-order valence-corrected chi connectivity index (χ1v) is 10.5. The number of nitrogens with one attached hydrogen (secondary N) is 2. The number of hydrogen-bond donors (Lipinski definition) is 4. The Bertz CT molecular complexity index is 1190. The lowest BCUT2D eigenvalue weighted by atomic mass is 10.1. The van der Waals surface area contributed by atoms with E-state index in [1.807, 2.05) is 0 Å². The summed E-state index contributed by atoms with van der Waals surface area (Å²) in [5, 5.41) is 21.4. The molecule has 4 N–H and O–H groups in total. The van der Waals surface area contributed by atoms with Gasteiger partial charge in [0, 0.05) is 12.8 Å². The van der Waals surface area contributed by atoms with Gasteiger partial charge < -0.3 is 29.4 Å². The van der Waals surface area contributed by atoms with E-state index in [2.05, 4.69) is 10.3 Å². The highest BCUT2D eigenvalue weighted by Gasteiger charge is 2.24. The van der Waals surface area contributed by atoms with Crippen molar-refractivity contribution in [2.45, 2.75) is 45.3 Å². The van der Waals surface area contributed by atoms with Crippen molar-refractivity contribution in [2.75, 3.05) is 0 Å². The van der Waals surface area contributed by atoms with Gasteiger partial charge in [-0.3, -0.25) is 4.98 Å². The number of aromatic hydroxyl groups is 1. The number of carboxylic acids is 1. The average Bonchev–Trinajstić information content (AvgIpc) is 3.05. The summed E-state index contributed by atoms with van der Waals surface area (Å²) in [6.07, 6.45) is -0.481. The van der Waals surface area contributed by atoms with Crippen LogP contribution in [-0.2, 0) is 22.4 Å². The van der Waals surface area contributed by atoms with Crippen LogP contribution in [0.25, 0.3) is 0 Å². The molecule has 34 heavy (non-hydrogen) atoms. The van der Waals surface area contributed by atoms with Gasteiger partial charge in [0.2, 0.25) is 5.88 Å². The van der Waals surface area contributed by atoms with Gasteiger partial charge in [0.25, 0.3) is 0 Å². The number of benzene rings is 2. The molecule has 0 saturated carbocycles. The summed E-state index contributed by atoms with van der Waals surface area (Å²) in [6.45, 7) is 5.09. The van der Waals surface area contributed by atoms with Gasteiger partial charge in [-0.15, -0.1) is 0 Å². The Kier molecular flexibility index (Phi) is 7.30. The van der Waals surface area contributed by atoms with Crippen LogP contribution in [0.4, 0.5) is 4.79 Å². The fourth-order valence-corrected chi connectivity index (χ4v) is 3.05. The predicted molar refractivity (Wildman–Crippen MR) is 121 cm³/mol. The van der Waals surface area contributed by atoms with Gasteiger partial charge in [-0.25, -0.2) is 14.4 Å². The minimum absolute atomic E-state index is 0.0751. The van der Waals surface area contributed by atoms with Gasteiger partial charge in [-0.2, -0.15) is 0 Å². The molecule has 180 valence electrons. The van der Waals surface area contributed by atoms with Gasteiger partial charge in [-0.1, -0.05) is 24.3 Å². The van der Waals surface area contributed by atoms with Crippen molar-refractivity contribution >= 4 is 12.1 Å². The summed E-state index contributed by atoms with van der Waals surface area (Å²) in [5.41, 5.74) is 0.765. The third kappa shape index (κ3) is 7.16. The monoisotopic (exact) mass is 470 g/mol. The molecule has 10 nitrogen and oxygen atoms in total. The second kappa shape index (κ2) is 10.2. The second-order valence-corrected chi connectivity index (χ2v) is 8.59. The van der Waals surface area contributed by atoms with E-state index in [0.717, 1.165) is 5.56 Å². The van der Waals surface area contributed by atoms with Crippen LogP contribution >= 0.6 is 0 Å². The van der Waals surface area contributed by atoms with Crippen molar-refractivity contribution in [1.82, 2.24) is 10.3 Å². The van der Waals surface area contributed by atoms with E-state index in [4.69, 9.17) is 13.9 Å². The number of carboxylic acid groups (broad SMARTS) is 1. The Labute approximate surface area is 195 Å². The molecule has 2 aromatic carbocycles. The maximum atomic E-state index is 11.9. The van der Waals surface area contributed by atoms with Crippen molar-refractivity contribution in [3.63, 3.8) is 0 Å².